The van der Waals surface area contributed by atoms with Gasteiger partial charge >= 0.3 is 0 Å². The van der Waals surface area contributed by atoms with Crippen LogP contribution in [0.2, 0.25) is 0 Å². The molecule has 0 saturated carbocycles. The first-order valence-electron chi connectivity index (χ1n) is 3.91. The summed E-state index contributed by atoms with van der Waals surface area (Å²) in [4.78, 5) is 0. The van der Waals surface area contributed by atoms with Crippen LogP contribution >= 0.6 is 0 Å². The van der Waals surface area contributed by atoms with Crippen LogP contribution in [0.5, 0.6) is 0 Å². The van der Waals surface area contributed by atoms with Gasteiger partial charge in [-0.05, 0) is 37.1 Å². The zero-order valence-electron chi connectivity index (χ0n) is 7.33. The molecule has 12 heavy (non-hydrogen) atoms. The van der Waals surface area contributed by atoms with Crippen molar-refractivity contribution < 1.29 is 0 Å². The highest BCUT2D eigenvalue weighted by Gasteiger charge is 1.93. The van der Waals surface area contributed by atoms with Crippen molar-refractivity contribution in [1.29, 1.82) is 5.26 Å². The van der Waals surface area contributed by atoms with Gasteiger partial charge in [0.1, 0.15) is 0 Å². The lowest BCUT2D eigenvalue weighted by atomic mass is 10.1. The van der Waals surface area contributed by atoms with Crippen LogP contribution in [0.15, 0.2) is 30.3 Å². The first-order chi connectivity index (χ1) is 5.77. The third kappa shape index (κ3) is 1.73. The zero-order valence-corrected chi connectivity index (χ0v) is 7.33. The molecule has 0 aliphatic rings. The summed E-state index contributed by atoms with van der Waals surface area (Å²) in [6, 6.07) is 9.70. The van der Waals surface area contributed by atoms with E-state index in [2.05, 4.69) is 19.1 Å². The Morgan fingerprint density at radius 3 is 2.33 bits per heavy atom. The van der Waals surface area contributed by atoms with E-state index in [-0.39, 0.29) is 0 Å². The van der Waals surface area contributed by atoms with Crippen LogP contribution in [0.25, 0.3) is 5.57 Å². The number of hydrogen-bond donors (Lipinski definition) is 0. The predicted octanol–water partition coefficient (Wildman–Crippen LogP) is 2.98. The van der Waals surface area contributed by atoms with Gasteiger partial charge in [0.15, 0.2) is 0 Å². The third-order valence-electron chi connectivity index (χ3n) is 1.90. The second-order valence-electron chi connectivity index (χ2n) is 2.66. The van der Waals surface area contributed by atoms with Gasteiger partial charge in [0, 0.05) is 0 Å². The number of rotatable bonds is 1. The van der Waals surface area contributed by atoms with Gasteiger partial charge in [0.2, 0.25) is 0 Å². The highest BCUT2D eigenvalue weighted by atomic mass is 14.2. The van der Waals surface area contributed by atoms with Gasteiger partial charge in [0.25, 0.3) is 0 Å². The van der Waals surface area contributed by atoms with Crippen molar-refractivity contribution in [2.45, 2.75) is 13.8 Å². The van der Waals surface area contributed by atoms with Gasteiger partial charge in [-0.3, -0.25) is 0 Å². The van der Waals surface area contributed by atoms with Crippen molar-refractivity contribution >= 4 is 5.57 Å². The number of hydrogen-bond acceptors (Lipinski definition) is 1. The summed E-state index contributed by atoms with van der Waals surface area (Å²) in [5, 5.41) is 8.56. The van der Waals surface area contributed by atoms with E-state index in [4.69, 9.17) is 5.26 Å². The fourth-order valence-corrected chi connectivity index (χ4v) is 0.974. The molecule has 1 heteroatoms. The minimum absolute atomic E-state index is 0.711. The van der Waals surface area contributed by atoms with Crippen molar-refractivity contribution in [1.82, 2.24) is 0 Å². The standard InChI is InChI=1S/C11H11N/c1-3-9(2)11-6-4-10(8-12)5-7-11/h3-7H,1-2H3. The second kappa shape index (κ2) is 3.73. The molecular formula is C11H11N. The summed E-state index contributed by atoms with van der Waals surface area (Å²) in [7, 11) is 0. The number of benzene rings is 1. The lowest BCUT2D eigenvalue weighted by molar-refractivity contribution is 1.46. The molecule has 0 aromatic heterocycles. The van der Waals surface area contributed by atoms with Crippen LogP contribution in [-0.2, 0) is 0 Å². The van der Waals surface area contributed by atoms with Crippen molar-refractivity contribution in [3.8, 4) is 6.07 Å². The fourth-order valence-electron chi connectivity index (χ4n) is 0.974. The maximum Gasteiger partial charge on any atom is 0.0991 e. The van der Waals surface area contributed by atoms with Gasteiger partial charge in [-0.25, -0.2) is 0 Å². The molecule has 0 N–H and O–H groups in total. The maximum absolute atomic E-state index is 8.56. The molecule has 60 valence electrons. The van der Waals surface area contributed by atoms with Crippen LogP contribution in [0.1, 0.15) is 25.0 Å². The van der Waals surface area contributed by atoms with E-state index in [0.717, 1.165) is 0 Å². The van der Waals surface area contributed by atoms with E-state index < -0.39 is 0 Å². The Hall–Kier alpha value is -1.55. The lowest BCUT2D eigenvalue weighted by Gasteiger charge is -1.98. The van der Waals surface area contributed by atoms with Crippen molar-refractivity contribution in [3.63, 3.8) is 0 Å². The molecule has 0 heterocycles. The summed E-state index contributed by atoms with van der Waals surface area (Å²) < 4.78 is 0. The van der Waals surface area contributed by atoms with Gasteiger partial charge in [-0.2, -0.15) is 5.26 Å². The van der Waals surface area contributed by atoms with E-state index in [9.17, 15) is 0 Å². The second-order valence-corrected chi connectivity index (χ2v) is 2.66. The molecule has 0 fully saturated rings. The molecule has 0 atom stereocenters. The zero-order chi connectivity index (χ0) is 8.97. The molecule has 0 radical (unpaired) electrons. The molecule has 1 rings (SSSR count). The smallest absolute Gasteiger partial charge is 0.0991 e. The molecule has 0 bridgehead atoms. The monoisotopic (exact) mass is 157 g/mol. The number of nitriles is 1. The Bertz CT molecular complexity index is 325. The predicted molar refractivity (Wildman–Crippen MR) is 50.5 cm³/mol. The van der Waals surface area contributed by atoms with Gasteiger partial charge in [-0.1, -0.05) is 18.2 Å². The number of nitrogens with zero attached hydrogens (tertiary/aromatic N) is 1. The van der Waals surface area contributed by atoms with E-state index >= 15 is 0 Å². The molecule has 1 aromatic carbocycles. The van der Waals surface area contributed by atoms with E-state index in [0.29, 0.717) is 5.56 Å². The highest BCUT2D eigenvalue weighted by molar-refractivity contribution is 5.63. The van der Waals surface area contributed by atoms with Gasteiger partial charge in [0.05, 0.1) is 11.6 Å². The van der Waals surface area contributed by atoms with E-state index in [1.165, 1.54) is 11.1 Å². The Balaban J connectivity index is 3.02. The summed E-state index contributed by atoms with van der Waals surface area (Å²) in [6.45, 7) is 4.06. The van der Waals surface area contributed by atoms with Crippen LogP contribution < -0.4 is 0 Å². The molecule has 0 spiro atoms. The minimum Gasteiger partial charge on any atom is -0.192 e. The van der Waals surface area contributed by atoms with E-state index in [1.54, 1.807) is 0 Å². The van der Waals surface area contributed by atoms with Crippen molar-refractivity contribution in [3.05, 3.63) is 41.5 Å². The lowest BCUT2D eigenvalue weighted by Crippen LogP contribution is -1.79. The van der Waals surface area contributed by atoms with Crippen LogP contribution in [0, 0.1) is 11.3 Å². The summed E-state index contributed by atoms with van der Waals surface area (Å²) in [5.74, 6) is 0. The average Bonchev–Trinajstić information content (AvgIpc) is 2.17. The molecule has 1 nitrogen and oxygen atoms in total. The highest BCUT2D eigenvalue weighted by Crippen LogP contribution is 2.13. The summed E-state index contributed by atoms with van der Waals surface area (Å²) in [5.41, 5.74) is 3.12. The van der Waals surface area contributed by atoms with Crippen LogP contribution in [0.3, 0.4) is 0 Å². The SMILES string of the molecule is CC=C(C)c1ccc(C#N)cc1. The summed E-state index contributed by atoms with van der Waals surface area (Å²) in [6.07, 6.45) is 2.06. The normalized spacial score (nSPS) is 10.9. The first kappa shape index (κ1) is 8.55. The Kier molecular flexibility index (Phi) is 2.66. The largest absolute Gasteiger partial charge is 0.192 e. The van der Waals surface area contributed by atoms with Crippen molar-refractivity contribution in [2.24, 2.45) is 0 Å². The minimum atomic E-state index is 0.711. The molecule has 0 saturated heterocycles. The Morgan fingerprint density at radius 2 is 1.92 bits per heavy atom. The fraction of sp³-hybridized carbons (Fsp3) is 0.182. The Morgan fingerprint density at radius 1 is 1.33 bits per heavy atom. The third-order valence-corrected chi connectivity index (χ3v) is 1.90. The molecule has 0 aliphatic heterocycles. The Labute approximate surface area is 73.0 Å². The maximum atomic E-state index is 8.56. The number of allylic oxidation sites excluding steroid dienone is 2. The first-order valence-corrected chi connectivity index (χ1v) is 3.91. The quantitative estimate of drug-likeness (QED) is 0.614. The topological polar surface area (TPSA) is 23.8 Å². The van der Waals surface area contributed by atoms with Crippen molar-refractivity contribution in [2.75, 3.05) is 0 Å². The molecule has 0 aliphatic carbocycles. The van der Waals surface area contributed by atoms with Crippen LogP contribution in [0.4, 0.5) is 0 Å². The molecule has 0 unspecified atom stereocenters. The molecule has 0 amide bonds. The van der Waals surface area contributed by atoms with Gasteiger partial charge < -0.3 is 0 Å². The van der Waals surface area contributed by atoms with E-state index in [1.807, 2.05) is 31.2 Å². The van der Waals surface area contributed by atoms with Crippen LogP contribution in [-0.4, -0.2) is 0 Å². The molecule has 1 aromatic rings. The summed E-state index contributed by atoms with van der Waals surface area (Å²) >= 11 is 0. The molecular weight excluding hydrogens is 146 g/mol. The average molecular weight is 157 g/mol. The van der Waals surface area contributed by atoms with Gasteiger partial charge in [-0.15, -0.1) is 0 Å².